The lowest BCUT2D eigenvalue weighted by molar-refractivity contribution is -0.123. The summed E-state index contributed by atoms with van der Waals surface area (Å²) >= 11 is 0. The summed E-state index contributed by atoms with van der Waals surface area (Å²) < 4.78 is 4.49. The van der Waals surface area contributed by atoms with E-state index in [2.05, 4.69) is 24.7 Å². The minimum atomic E-state index is 0.435. The molecular formula is C10H16O2. The molecule has 2 heteroatoms. The highest BCUT2D eigenvalue weighted by Crippen LogP contribution is 2.05. The average Bonchev–Trinajstić information content (AvgIpc) is 2.00. The van der Waals surface area contributed by atoms with Gasteiger partial charge in [-0.25, -0.2) is 0 Å². The first-order chi connectivity index (χ1) is 5.66. The maximum atomic E-state index is 9.81. The smallest absolute Gasteiger partial charge is 0.297 e. The van der Waals surface area contributed by atoms with Crippen LogP contribution in [-0.2, 0) is 9.53 Å². The van der Waals surface area contributed by atoms with E-state index in [1.807, 2.05) is 6.92 Å². The summed E-state index contributed by atoms with van der Waals surface area (Å²) in [5.74, 6) is 0. The molecule has 0 aromatic carbocycles. The second-order valence-corrected chi connectivity index (χ2v) is 3.02. The van der Waals surface area contributed by atoms with Crippen LogP contribution < -0.4 is 0 Å². The molecule has 0 N–H and O–H groups in total. The van der Waals surface area contributed by atoms with Gasteiger partial charge >= 0.3 is 0 Å². The number of carbonyl (C=O) groups is 1. The molecule has 0 aliphatic carbocycles. The zero-order valence-electron chi connectivity index (χ0n) is 7.96. The monoisotopic (exact) mass is 168 g/mol. The lowest BCUT2D eigenvalue weighted by Crippen LogP contribution is -1.80. The lowest BCUT2D eigenvalue weighted by atomic mass is 10.1. The summed E-state index contributed by atoms with van der Waals surface area (Å²) in [5.41, 5.74) is 2.40. The fourth-order valence-corrected chi connectivity index (χ4v) is 0.791. The van der Waals surface area contributed by atoms with Crippen LogP contribution in [0.5, 0.6) is 0 Å². The van der Waals surface area contributed by atoms with Crippen LogP contribution in [0.2, 0.25) is 0 Å². The highest BCUT2D eigenvalue weighted by atomic mass is 16.5. The summed E-state index contributed by atoms with van der Waals surface area (Å²) in [7, 11) is 0. The van der Waals surface area contributed by atoms with Crippen molar-refractivity contribution >= 4 is 6.47 Å². The molecule has 2 nitrogen and oxygen atoms in total. The molecule has 12 heavy (non-hydrogen) atoms. The number of carbonyl (C=O) groups excluding carboxylic acids is 1. The van der Waals surface area contributed by atoms with Crippen LogP contribution in [0, 0.1) is 0 Å². The summed E-state index contributed by atoms with van der Waals surface area (Å²) in [5, 5.41) is 0. The summed E-state index contributed by atoms with van der Waals surface area (Å²) in [6.07, 6.45) is 5.61. The molecule has 0 spiro atoms. The molecule has 0 saturated heterocycles. The van der Waals surface area contributed by atoms with Crippen molar-refractivity contribution in [3.63, 3.8) is 0 Å². The van der Waals surface area contributed by atoms with Crippen molar-refractivity contribution in [3.05, 3.63) is 23.5 Å². The Labute approximate surface area is 73.9 Å². The van der Waals surface area contributed by atoms with Crippen molar-refractivity contribution in [1.82, 2.24) is 0 Å². The Bertz CT molecular complexity index is 186. The molecule has 0 aromatic rings. The van der Waals surface area contributed by atoms with E-state index in [-0.39, 0.29) is 0 Å². The molecule has 0 bridgehead atoms. The lowest BCUT2D eigenvalue weighted by Gasteiger charge is -1.96. The molecule has 0 aliphatic rings. The quantitative estimate of drug-likeness (QED) is 0.358. The first kappa shape index (κ1) is 11.0. The molecule has 0 fully saturated rings. The van der Waals surface area contributed by atoms with Gasteiger partial charge in [-0.3, -0.25) is 4.79 Å². The Morgan fingerprint density at radius 2 is 2.00 bits per heavy atom. The largest absolute Gasteiger partial charge is 0.437 e. The first-order valence-corrected chi connectivity index (χ1v) is 4.05. The van der Waals surface area contributed by atoms with Crippen molar-refractivity contribution in [2.75, 3.05) is 0 Å². The van der Waals surface area contributed by atoms with Gasteiger partial charge in [-0.2, -0.15) is 0 Å². The highest BCUT2D eigenvalue weighted by molar-refractivity contribution is 5.38. The van der Waals surface area contributed by atoms with Crippen molar-refractivity contribution in [2.24, 2.45) is 0 Å². The van der Waals surface area contributed by atoms with Crippen molar-refractivity contribution in [3.8, 4) is 0 Å². The molecule has 0 heterocycles. The van der Waals surface area contributed by atoms with Crippen LogP contribution in [0.25, 0.3) is 0 Å². The Hall–Kier alpha value is -1.05. The van der Waals surface area contributed by atoms with Crippen LogP contribution >= 0.6 is 0 Å². The molecule has 0 radical (unpaired) electrons. The zero-order chi connectivity index (χ0) is 9.40. The van der Waals surface area contributed by atoms with E-state index in [9.17, 15) is 4.79 Å². The van der Waals surface area contributed by atoms with Crippen molar-refractivity contribution in [1.29, 1.82) is 0 Å². The Morgan fingerprint density at radius 3 is 2.50 bits per heavy atom. The first-order valence-electron chi connectivity index (χ1n) is 4.05. The van der Waals surface area contributed by atoms with Gasteiger partial charge in [0.15, 0.2) is 0 Å². The topological polar surface area (TPSA) is 26.3 Å². The van der Waals surface area contributed by atoms with Gasteiger partial charge in [-0.1, -0.05) is 11.6 Å². The fraction of sp³-hybridized carbons (Fsp3) is 0.500. The molecule has 0 aliphatic heterocycles. The van der Waals surface area contributed by atoms with Gasteiger partial charge in [-0.05, 0) is 39.2 Å². The van der Waals surface area contributed by atoms with Crippen molar-refractivity contribution < 1.29 is 9.53 Å². The molecule has 0 saturated carbocycles. The molecule has 0 aromatic heterocycles. The van der Waals surface area contributed by atoms with Gasteiger partial charge in [-0.15, -0.1) is 0 Å². The molecule has 0 atom stereocenters. The molecule has 0 unspecified atom stereocenters. The number of ether oxygens (including phenoxy) is 1. The second-order valence-electron chi connectivity index (χ2n) is 3.02. The molecule has 0 amide bonds. The van der Waals surface area contributed by atoms with E-state index in [0.717, 1.165) is 18.4 Å². The standard InChI is InChI=1S/C10H16O2/c1-9(2)5-4-6-10(3)7-12-8-11/h5,7-8H,4,6H2,1-3H3. The minimum absolute atomic E-state index is 0.435. The SMILES string of the molecule is CC(C)=CCCC(C)=COC=O. The van der Waals surface area contributed by atoms with E-state index in [1.165, 1.54) is 11.8 Å². The number of hydrogen-bond acceptors (Lipinski definition) is 2. The van der Waals surface area contributed by atoms with E-state index in [0.29, 0.717) is 6.47 Å². The Kier molecular flexibility index (Phi) is 6.07. The van der Waals surface area contributed by atoms with Gasteiger partial charge in [0.1, 0.15) is 0 Å². The highest BCUT2D eigenvalue weighted by Gasteiger charge is 1.88. The van der Waals surface area contributed by atoms with Gasteiger partial charge < -0.3 is 4.74 Å². The molecular weight excluding hydrogens is 152 g/mol. The van der Waals surface area contributed by atoms with Crippen LogP contribution in [0.1, 0.15) is 33.6 Å². The van der Waals surface area contributed by atoms with E-state index in [4.69, 9.17) is 0 Å². The fourth-order valence-electron chi connectivity index (χ4n) is 0.791. The van der Waals surface area contributed by atoms with Gasteiger partial charge in [0.2, 0.25) is 0 Å². The minimum Gasteiger partial charge on any atom is -0.437 e. The summed E-state index contributed by atoms with van der Waals surface area (Å²) in [4.78, 5) is 9.81. The van der Waals surface area contributed by atoms with Crippen molar-refractivity contribution in [2.45, 2.75) is 33.6 Å². The third-order valence-corrected chi connectivity index (χ3v) is 1.42. The summed E-state index contributed by atoms with van der Waals surface area (Å²) in [6, 6.07) is 0. The second kappa shape index (κ2) is 6.65. The average molecular weight is 168 g/mol. The van der Waals surface area contributed by atoms with E-state index in [1.54, 1.807) is 0 Å². The third kappa shape index (κ3) is 7.06. The normalized spacial score (nSPS) is 10.8. The van der Waals surface area contributed by atoms with Gasteiger partial charge in [0, 0.05) is 0 Å². The zero-order valence-corrected chi connectivity index (χ0v) is 7.96. The van der Waals surface area contributed by atoms with E-state index < -0.39 is 0 Å². The number of allylic oxidation sites excluding steroid dienone is 3. The van der Waals surface area contributed by atoms with Gasteiger partial charge in [0.25, 0.3) is 6.47 Å². The number of rotatable bonds is 5. The number of hydrogen-bond donors (Lipinski definition) is 0. The van der Waals surface area contributed by atoms with Crippen LogP contribution in [0.4, 0.5) is 0 Å². The Balaban J connectivity index is 3.63. The maximum absolute atomic E-state index is 9.81. The van der Waals surface area contributed by atoms with E-state index >= 15 is 0 Å². The maximum Gasteiger partial charge on any atom is 0.297 e. The van der Waals surface area contributed by atoms with Crippen LogP contribution in [-0.4, -0.2) is 6.47 Å². The molecule has 68 valence electrons. The van der Waals surface area contributed by atoms with Crippen LogP contribution in [0.15, 0.2) is 23.5 Å². The predicted octanol–water partition coefficient (Wildman–Crippen LogP) is 2.81. The summed E-state index contributed by atoms with van der Waals surface area (Å²) in [6.45, 7) is 6.52. The van der Waals surface area contributed by atoms with Gasteiger partial charge in [0.05, 0.1) is 6.26 Å². The third-order valence-electron chi connectivity index (χ3n) is 1.42. The predicted molar refractivity (Wildman–Crippen MR) is 49.6 cm³/mol. The van der Waals surface area contributed by atoms with Crippen LogP contribution in [0.3, 0.4) is 0 Å². The molecule has 0 rings (SSSR count). The Morgan fingerprint density at radius 1 is 1.33 bits per heavy atom.